The van der Waals surface area contributed by atoms with Crippen LogP contribution in [0.25, 0.3) is 0 Å². The Hall–Kier alpha value is 0.531. The van der Waals surface area contributed by atoms with Crippen molar-refractivity contribution in [3.8, 4) is 0 Å². The molecule has 6 heteroatoms. The maximum absolute atomic E-state index is 9.09. The van der Waals surface area contributed by atoms with Crippen LogP contribution in [0.15, 0.2) is 0 Å². The van der Waals surface area contributed by atoms with E-state index in [4.69, 9.17) is 13.0 Å². The number of rotatable bonds is 4. The van der Waals surface area contributed by atoms with Gasteiger partial charge < -0.3 is 13.0 Å². The average molecular weight is 210 g/mol. The van der Waals surface area contributed by atoms with Crippen molar-refractivity contribution in [2.45, 2.75) is 32.7 Å². The van der Waals surface area contributed by atoms with Gasteiger partial charge in [0.1, 0.15) is 0 Å². The van der Waals surface area contributed by atoms with Crippen LogP contribution in [0, 0.1) is 0 Å². The predicted octanol–water partition coefficient (Wildman–Crippen LogP) is 0.547. The second kappa shape index (κ2) is 4.53. The van der Waals surface area contributed by atoms with Gasteiger partial charge in [0.25, 0.3) is 0 Å². The van der Waals surface area contributed by atoms with Crippen molar-refractivity contribution in [1.29, 1.82) is 0 Å². The van der Waals surface area contributed by atoms with E-state index in [1.54, 1.807) is 6.55 Å². The highest BCUT2D eigenvalue weighted by molar-refractivity contribution is 6.77. The molecule has 0 radical (unpaired) electrons. The van der Waals surface area contributed by atoms with Crippen LogP contribution in [-0.4, -0.2) is 31.7 Å². The van der Waals surface area contributed by atoms with Gasteiger partial charge >= 0.3 is 17.8 Å². The summed E-state index contributed by atoms with van der Waals surface area (Å²) in [6.07, 6.45) is 0. The van der Waals surface area contributed by atoms with Crippen molar-refractivity contribution in [3.05, 3.63) is 0 Å². The van der Waals surface area contributed by atoms with Crippen LogP contribution in [0.3, 0.4) is 0 Å². The summed E-state index contributed by atoms with van der Waals surface area (Å²) < 4.78 is 11.1. The zero-order valence-electron chi connectivity index (χ0n) is 7.92. The van der Waals surface area contributed by atoms with Gasteiger partial charge in [-0.3, -0.25) is 0 Å². The van der Waals surface area contributed by atoms with Gasteiger partial charge in [0.2, 0.25) is 0 Å². The summed E-state index contributed by atoms with van der Waals surface area (Å²) in [4.78, 5) is 9.09. The first kappa shape index (κ1) is 11.5. The average Bonchev–Trinajstić information content (AvgIpc) is 1.53. The smallest absolute Gasteiger partial charge is 0.312 e. The highest BCUT2D eigenvalue weighted by Gasteiger charge is 2.27. The summed E-state index contributed by atoms with van der Waals surface area (Å²) in [6.45, 7) is 9.95. The Bertz CT molecular complexity index is 104. The molecule has 0 aromatic heterocycles. The lowest BCUT2D eigenvalue weighted by molar-refractivity contribution is 0.353. The highest BCUT2D eigenvalue weighted by Crippen LogP contribution is 2.08. The molecule has 0 rings (SSSR count). The Morgan fingerprint density at radius 1 is 1.09 bits per heavy atom. The van der Waals surface area contributed by atoms with Crippen LogP contribution in [0.4, 0.5) is 0 Å². The molecule has 0 fully saturated rings. The molecule has 0 amide bonds. The molecule has 0 aromatic rings. The highest BCUT2D eigenvalue weighted by atomic mass is 28.5. The maximum Gasteiger partial charge on any atom is 0.312 e. The van der Waals surface area contributed by atoms with E-state index in [0.29, 0.717) is 0 Å². The van der Waals surface area contributed by atoms with E-state index in [9.17, 15) is 0 Å². The molecule has 0 aliphatic carbocycles. The molecule has 1 N–H and O–H groups in total. The summed E-state index contributed by atoms with van der Waals surface area (Å²) in [7, 11) is -4.86. The van der Waals surface area contributed by atoms with Crippen molar-refractivity contribution < 1.29 is 13.0 Å². The largest absolute Gasteiger partial charge is 0.440 e. The number of hydrogen-bond donors (Lipinski definition) is 1. The Morgan fingerprint density at radius 2 is 1.55 bits per heavy atom. The van der Waals surface area contributed by atoms with E-state index in [2.05, 4.69) is 13.1 Å². The standard InChI is InChI=1S/C5H18O3Si3/c1-9(2)7-11(4,5)8-10(3)6/h6,9-10H,1-5H3. The van der Waals surface area contributed by atoms with Gasteiger partial charge in [0.15, 0.2) is 9.04 Å². The summed E-state index contributed by atoms with van der Waals surface area (Å²) >= 11 is 0. The minimum Gasteiger partial charge on any atom is -0.440 e. The summed E-state index contributed by atoms with van der Waals surface area (Å²) in [5.74, 6) is 0. The third-order valence-corrected chi connectivity index (χ3v) is 8.76. The fraction of sp³-hybridized carbons (Fsp3) is 1.00. The zero-order chi connectivity index (χ0) is 9.07. The molecule has 0 spiro atoms. The lowest BCUT2D eigenvalue weighted by Crippen LogP contribution is -2.42. The zero-order valence-corrected chi connectivity index (χ0v) is 11.2. The normalized spacial score (nSPS) is 15.5. The molecule has 68 valence electrons. The SMILES string of the molecule is C[SiH](C)O[Si](C)(C)O[SiH](C)O. The summed E-state index contributed by atoms with van der Waals surface area (Å²) in [5, 5.41) is 0. The topological polar surface area (TPSA) is 38.7 Å². The van der Waals surface area contributed by atoms with Gasteiger partial charge in [-0.25, -0.2) is 0 Å². The fourth-order valence-corrected chi connectivity index (χ4v) is 9.56. The lowest BCUT2D eigenvalue weighted by Gasteiger charge is -2.26. The van der Waals surface area contributed by atoms with Crippen LogP contribution in [0.5, 0.6) is 0 Å². The van der Waals surface area contributed by atoms with Crippen LogP contribution in [0.1, 0.15) is 0 Å². The molecule has 0 saturated heterocycles. The van der Waals surface area contributed by atoms with Gasteiger partial charge in [-0.05, 0) is 32.7 Å². The quantitative estimate of drug-likeness (QED) is 0.689. The van der Waals surface area contributed by atoms with Crippen LogP contribution in [0.2, 0.25) is 32.7 Å². The second-order valence-corrected chi connectivity index (χ2v) is 11.3. The van der Waals surface area contributed by atoms with Crippen molar-refractivity contribution in [3.63, 3.8) is 0 Å². The van der Waals surface area contributed by atoms with Crippen LogP contribution < -0.4 is 0 Å². The monoisotopic (exact) mass is 210 g/mol. The predicted molar refractivity (Wildman–Crippen MR) is 53.8 cm³/mol. The minimum atomic E-state index is -1.96. The van der Waals surface area contributed by atoms with E-state index in [1.807, 2.05) is 13.1 Å². The third-order valence-electron chi connectivity index (χ3n) is 0.974. The molecule has 0 aliphatic heterocycles. The van der Waals surface area contributed by atoms with E-state index < -0.39 is 26.9 Å². The molecule has 0 bridgehead atoms. The van der Waals surface area contributed by atoms with Crippen LogP contribution in [-0.2, 0) is 8.23 Å². The van der Waals surface area contributed by atoms with E-state index in [1.165, 1.54) is 0 Å². The molecule has 0 aliphatic rings. The van der Waals surface area contributed by atoms with Gasteiger partial charge in [0, 0.05) is 0 Å². The Labute approximate surface area is 73.2 Å². The molecule has 3 nitrogen and oxygen atoms in total. The molecular weight excluding hydrogens is 192 g/mol. The first-order valence-electron chi connectivity index (χ1n) is 3.87. The lowest BCUT2D eigenvalue weighted by atomic mass is 11.9. The Morgan fingerprint density at radius 3 is 1.82 bits per heavy atom. The van der Waals surface area contributed by atoms with E-state index in [-0.39, 0.29) is 0 Å². The Balaban J connectivity index is 3.79. The molecule has 1 unspecified atom stereocenters. The van der Waals surface area contributed by atoms with Crippen molar-refractivity contribution in [1.82, 2.24) is 0 Å². The first-order chi connectivity index (χ1) is 4.83. The molecule has 0 heterocycles. The summed E-state index contributed by atoms with van der Waals surface area (Å²) in [5.41, 5.74) is 0. The summed E-state index contributed by atoms with van der Waals surface area (Å²) in [6, 6.07) is 0. The molecule has 11 heavy (non-hydrogen) atoms. The van der Waals surface area contributed by atoms with Crippen molar-refractivity contribution in [2.24, 2.45) is 0 Å². The fourth-order valence-electron chi connectivity index (χ4n) is 1.01. The molecule has 0 aromatic carbocycles. The van der Waals surface area contributed by atoms with Gasteiger partial charge in [-0.15, -0.1) is 0 Å². The molecule has 1 atom stereocenters. The molecule has 0 saturated carbocycles. The number of hydrogen-bond acceptors (Lipinski definition) is 3. The van der Waals surface area contributed by atoms with E-state index in [0.717, 1.165) is 0 Å². The van der Waals surface area contributed by atoms with Gasteiger partial charge in [-0.2, -0.15) is 0 Å². The Kier molecular flexibility index (Phi) is 4.75. The van der Waals surface area contributed by atoms with Crippen molar-refractivity contribution >= 4 is 26.9 Å². The second-order valence-electron chi connectivity index (χ2n) is 3.28. The van der Waals surface area contributed by atoms with E-state index >= 15 is 0 Å². The first-order valence-corrected chi connectivity index (χ1v) is 11.6. The van der Waals surface area contributed by atoms with Crippen molar-refractivity contribution in [2.75, 3.05) is 0 Å². The van der Waals surface area contributed by atoms with Crippen LogP contribution >= 0.6 is 0 Å². The van der Waals surface area contributed by atoms with Gasteiger partial charge in [0.05, 0.1) is 0 Å². The van der Waals surface area contributed by atoms with Gasteiger partial charge in [-0.1, -0.05) is 0 Å². The minimum absolute atomic E-state index is 1.01. The molecular formula is C5H18O3Si3. The third kappa shape index (κ3) is 6.91. The maximum atomic E-state index is 9.09.